The Morgan fingerprint density at radius 3 is 1.72 bits per heavy atom. The van der Waals surface area contributed by atoms with Gasteiger partial charge in [0.2, 0.25) is 0 Å². The summed E-state index contributed by atoms with van der Waals surface area (Å²) in [6.45, 7) is 7.29. The van der Waals surface area contributed by atoms with E-state index in [4.69, 9.17) is 9.97 Å². The van der Waals surface area contributed by atoms with Crippen molar-refractivity contribution in [2.75, 3.05) is 0 Å². The van der Waals surface area contributed by atoms with E-state index in [1.165, 1.54) is 78.3 Å². The lowest BCUT2D eigenvalue weighted by atomic mass is 9.70. The summed E-state index contributed by atoms with van der Waals surface area (Å²) >= 11 is 1.84. The maximum Gasteiger partial charge on any atom is 0.108 e. The highest BCUT2D eigenvalue weighted by atomic mass is 32.1. The molecule has 4 heterocycles. The van der Waals surface area contributed by atoms with Crippen molar-refractivity contribution < 1.29 is 0 Å². The number of aromatic nitrogens is 4. The van der Waals surface area contributed by atoms with Crippen molar-refractivity contribution in [2.24, 2.45) is 5.41 Å². The molecule has 2 atom stereocenters. The first-order chi connectivity index (χ1) is 22.9. The highest BCUT2D eigenvalue weighted by molar-refractivity contribution is 7.20. The molecule has 2 aliphatic carbocycles. The van der Waals surface area contributed by atoms with Gasteiger partial charge >= 0.3 is 0 Å². The monoisotopic (exact) mass is 626 g/mol. The van der Waals surface area contributed by atoms with E-state index in [0.29, 0.717) is 5.92 Å². The van der Waals surface area contributed by atoms with Crippen molar-refractivity contribution in [1.82, 2.24) is 19.1 Å². The molecule has 47 heavy (non-hydrogen) atoms. The summed E-state index contributed by atoms with van der Waals surface area (Å²) in [6.07, 6.45) is 6.71. The third kappa shape index (κ3) is 3.69. The molecule has 2 aliphatic rings. The standard InChI is InChI=1S/C42H34N4S/c1-41(2)32-18-21-42(41,3)40-35(32)43-36-37(44-40)39(29-15-17-34-27(25-29)20-23-46(34)31-12-8-5-9-13-31)47-38(36)28-14-16-33-26(24-28)19-22-45(33)30-10-6-4-7-11-30/h4-17,19-20,22-25,32H,18,21H2,1-3H3. The lowest BCUT2D eigenvalue weighted by molar-refractivity contribution is 0.227. The molecule has 1 saturated carbocycles. The molecular formula is C42H34N4S. The molecule has 0 N–H and O–H groups in total. The normalized spacial score (nSPS) is 19.7. The highest BCUT2D eigenvalue weighted by Gasteiger charge is 2.61. The lowest BCUT2D eigenvalue weighted by Gasteiger charge is -2.34. The largest absolute Gasteiger partial charge is 0.317 e. The number of hydrogen-bond donors (Lipinski definition) is 0. The maximum absolute atomic E-state index is 5.61. The van der Waals surface area contributed by atoms with Crippen molar-refractivity contribution in [2.45, 2.75) is 44.9 Å². The number of thiophene rings is 1. The summed E-state index contributed by atoms with van der Waals surface area (Å²) in [4.78, 5) is 13.6. The molecule has 4 aromatic heterocycles. The number of hydrogen-bond acceptors (Lipinski definition) is 3. The van der Waals surface area contributed by atoms with Crippen LogP contribution < -0.4 is 0 Å². The number of para-hydroxylation sites is 2. The van der Waals surface area contributed by atoms with Gasteiger partial charge in [-0.3, -0.25) is 0 Å². The van der Waals surface area contributed by atoms with Crippen LogP contribution in [0, 0.1) is 5.41 Å². The summed E-state index contributed by atoms with van der Waals surface area (Å²) in [6, 6.07) is 39.3. The molecule has 4 aromatic carbocycles. The molecular weight excluding hydrogens is 593 g/mol. The maximum atomic E-state index is 5.61. The SMILES string of the molecule is CC12CCC(c3nc4c(-c5ccc6c(ccn6-c6ccccc6)c5)sc(-c5ccc6c(ccn6-c6ccccc6)c5)c4nc31)C2(C)C. The highest BCUT2D eigenvalue weighted by Crippen LogP contribution is 2.67. The Hall–Kier alpha value is -5.00. The molecule has 8 aromatic rings. The van der Waals surface area contributed by atoms with E-state index in [1.807, 2.05) is 11.3 Å². The van der Waals surface area contributed by atoms with Crippen LogP contribution in [-0.2, 0) is 5.41 Å². The van der Waals surface area contributed by atoms with Gasteiger partial charge in [0.05, 0.1) is 32.2 Å². The van der Waals surface area contributed by atoms with Crippen LogP contribution in [0.25, 0.3) is 65.1 Å². The van der Waals surface area contributed by atoms with E-state index in [2.05, 4.69) is 151 Å². The van der Waals surface area contributed by atoms with Gasteiger partial charge in [0.1, 0.15) is 11.0 Å². The Morgan fingerprint density at radius 1 is 0.638 bits per heavy atom. The predicted molar refractivity (Wildman–Crippen MR) is 195 cm³/mol. The van der Waals surface area contributed by atoms with E-state index in [1.54, 1.807) is 0 Å². The third-order valence-electron chi connectivity index (χ3n) is 11.6. The quantitative estimate of drug-likeness (QED) is 0.195. The van der Waals surface area contributed by atoms with E-state index < -0.39 is 0 Å². The molecule has 0 radical (unpaired) electrons. The van der Waals surface area contributed by atoms with Crippen molar-refractivity contribution in [1.29, 1.82) is 0 Å². The van der Waals surface area contributed by atoms with Crippen LogP contribution in [0.1, 0.15) is 50.9 Å². The van der Waals surface area contributed by atoms with Crippen LogP contribution in [0.3, 0.4) is 0 Å². The number of nitrogens with zero attached hydrogens (tertiary/aromatic N) is 4. The first kappa shape index (κ1) is 27.1. The van der Waals surface area contributed by atoms with Gasteiger partial charge in [0.15, 0.2) is 0 Å². The fourth-order valence-corrected chi connectivity index (χ4v) is 9.77. The smallest absolute Gasteiger partial charge is 0.108 e. The van der Waals surface area contributed by atoms with Crippen LogP contribution in [0.2, 0.25) is 0 Å². The molecule has 0 saturated heterocycles. The minimum absolute atomic E-state index is 0.0453. The Morgan fingerprint density at radius 2 is 1.17 bits per heavy atom. The molecule has 5 heteroatoms. The summed E-state index contributed by atoms with van der Waals surface area (Å²) < 4.78 is 4.53. The fourth-order valence-electron chi connectivity index (χ4n) is 8.60. The zero-order valence-electron chi connectivity index (χ0n) is 26.7. The molecule has 2 unspecified atom stereocenters. The van der Waals surface area contributed by atoms with Gasteiger partial charge in [-0.25, -0.2) is 9.97 Å². The average Bonchev–Trinajstić information content (AvgIpc) is 3.89. The minimum atomic E-state index is 0.0453. The lowest BCUT2D eigenvalue weighted by Crippen LogP contribution is -2.31. The van der Waals surface area contributed by atoms with Gasteiger partial charge in [0.25, 0.3) is 0 Å². The third-order valence-corrected chi connectivity index (χ3v) is 12.9. The molecule has 1 fully saturated rings. The zero-order valence-corrected chi connectivity index (χ0v) is 27.6. The first-order valence-electron chi connectivity index (χ1n) is 16.6. The number of benzene rings is 4. The van der Waals surface area contributed by atoms with Gasteiger partial charge in [-0.1, -0.05) is 69.3 Å². The van der Waals surface area contributed by atoms with Crippen molar-refractivity contribution in [3.05, 3.63) is 133 Å². The second-order valence-corrected chi connectivity index (χ2v) is 15.2. The van der Waals surface area contributed by atoms with Crippen LogP contribution in [0.5, 0.6) is 0 Å². The van der Waals surface area contributed by atoms with Crippen molar-refractivity contribution >= 4 is 44.2 Å². The van der Waals surface area contributed by atoms with Crippen LogP contribution in [0.4, 0.5) is 0 Å². The summed E-state index contributed by atoms with van der Waals surface area (Å²) in [7, 11) is 0. The Labute approximate surface area is 278 Å². The number of rotatable bonds is 4. The first-order valence-corrected chi connectivity index (χ1v) is 17.4. The second-order valence-electron chi connectivity index (χ2n) is 14.1. The molecule has 0 aliphatic heterocycles. The van der Waals surface area contributed by atoms with Crippen LogP contribution in [-0.4, -0.2) is 19.1 Å². The van der Waals surface area contributed by atoms with Crippen molar-refractivity contribution in [3.63, 3.8) is 0 Å². The van der Waals surface area contributed by atoms with Gasteiger partial charge < -0.3 is 9.13 Å². The second kappa shape index (κ2) is 9.52. The van der Waals surface area contributed by atoms with Crippen molar-refractivity contribution in [3.8, 4) is 32.3 Å². The van der Waals surface area contributed by atoms with E-state index in [0.717, 1.165) is 11.0 Å². The molecule has 2 bridgehead atoms. The topological polar surface area (TPSA) is 35.6 Å². The molecule has 228 valence electrons. The average molecular weight is 627 g/mol. The predicted octanol–water partition coefficient (Wildman–Crippen LogP) is 11.1. The Bertz CT molecular complexity index is 2520. The number of fused-ring (bicyclic) bond motifs is 8. The van der Waals surface area contributed by atoms with E-state index in [-0.39, 0.29) is 10.8 Å². The van der Waals surface area contributed by atoms with E-state index >= 15 is 0 Å². The Kier molecular flexibility index (Phi) is 5.50. The van der Waals surface area contributed by atoms with Gasteiger partial charge in [0, 0.05) is 45.9 Å². The van der Waals surface area contributed by atoms with E-state index in [9.17, 15) is 0 Å². The summed E-state index contributed by atoms with van der Waals surface area (Å²) in [5.74, 6) is 0.451. The Balaban J connectivity index is 1.17. The van der Waals surface area contributed by atoms with Gasteiger partial charge in [-0.2, -0.15) is 0 Å². The fraction of sp³-hybridized carbons (Fsp3) is 0.190. The minimum Gasteiger partial charge on any atom is -0.317 e. The van der Waals surface area contributed by atoms with Crippen LogP contribution >= 0.6 is 11.3 Å². The summed E-state index contributed by atoms with van der Waals surface area (Å²) in [5.41, 5.74) is 11.9. The molecule has 0 spiro atoms. The van der Waals surface area contributed by atoms with Gasteiger partial charge in [-0.15, -0.1) is 11.3 Å². The molecule has 4 nitrogen and oxygen atoms in total. The van der Waals surface area contributed by atoms with Gasteiger partial charge in [-0.05, 0) is 90.0 Å². The summed E-state index contributed by atoms with van der Waals surface area (Å²) in [5, 5.41) is 2.44. The molecule has 0 amide bonds. The zero-order chi connectivity index (χ0) is 31.5. The molecule has 10 rings (SSSR count). The van der Waals surface area contributed by atoms with Crippen LogP contribution in [0.15, 0.2) is 122 Å².